The minimum absolute atomic E-state index is 0.279. The maximum absolute atomic E-state index is 12.1. The quantitative estimate of drug-likeness (QED) is 0.431. The van der Waals surface area contributed by atoms with Gasteiger partial charge in [0.05, 0.1) is 6.57 Å². The molecule has 4 N–H and O–H groups in total. The molecule has 3 aromatic carbocycles. The fraction of sp³-hybridized carbons (Fsp3) is 0. The molecule has 0 aliphatic heterocycles. The Bertz CT molecular complexity index is 997. The van der Waals surface area contributed by atoms with E-state index in [0.29, 0.717) is 11.3 Å². The lowest BCUT2D eigenvalue weighted by Gasteiger charge is -2.10. The van der Waals surface area contributed by atoms with Crippen LogP contribution in [0, 0.1) is 6.57 Å². The van der Waals surface area contributed by atoms with E-state index in [-0.39, 0.29) is 5.96 Å². The van der Waals surface area contributed by atoms with Crippen LogP contribution in [0.1, 0.15) is 10.4 Å². The third kappa shape index (κ3) is 2.81. The van der Waals surface area contributed by atoms with Gasteiger partial charge < -0.3 is 11.5 Å². The number of carbonyl (C=O) groups excluding carboxylic acids is 1. The van der Waals surface area contributed by atoms with Gasteiger partial charge in [-0.25, -0.2) is 4.85 Å². The molecule has 0 unspecified atom stereocenters. The number of nitrogens with zero attached hydrogens (tertiary/aromatic N) is 2. The van der Waals surface area contributed by atoms with Crippen molar-refractivity contribution in [2.45, 2.75) is 0 Å². The summed E-state index contributed by atoms with van der Waals surface area (Å²) in [6, 6.07) is 18.5. The third-order valence-corrected chi connectivity index (χ3v) is 3.66. The van der Waals surface area contributed by atoms with Crippen LogP contribution in [0.4, 0.5) is 5.69 Å². The zero-order valence-electron chi connectivity index (χ0n) is 12.7. The van der Waals surface area contributed by atoms with Gasteiger partial charge in [-0.15, -0.1) is 0 Å². The van der Waals surface area contributed by atoms with Crippen molar-refractivity contribution in [1.29, 1.82) is 0 Å². The van der Waals surface area contributed by atoms with Crippen LogP contribution in [0.15, 0.2) is 65.7 Å². The van der Waals surface area contributed by atoms with Gasteiger partial charge in [-0.05, 0) is 34.0 Å². The molecule has 0 aliphatic carbocycles. The standard InChI is InChI=1S/C19H14N4O/c1-22-16-10-9-12-7-8-14(18(24)23-19(20)21)11-15(12)17(16)13-5-3-2-4-6-13/h2-11H,(H4,20,21,23,24). The minimum Gasteiger partial charge on any atom is -0.370 e. The SMILES string of the molecule is [C-]#[N+]c1ccc2ccc(C(=O)N=C(N)N)cc2c1-c1ccccc1. The van der Waals surface area contributed by atoms with Crippen molar-refractivity contribution in [3.05, 3.63) is 77.6 Å². The van der Waals surface area contributed by atoms with Crippen molar-refractivity contribution < 1.29 is 4.79 Å². The minimum atomic E-state index is -0.510. The second-order valence-corrected chi connectivity index (χ2v) is 5.22. The Kier molecular flexibility index (Phi) is 3.96. The Morgan fingerprint density at radius 1 is 1.00 bits per heavy atom. The zero-order valence-corrected chi connectivity index (χ0v) is 12.7. The fourth-order valence-electron chi connectivity index (χ4n) is 2.62. The smallest absolute Gasteiger partial charge is 0.280 e. The van der Waals surface area contributed by atoms with Crippen LogP contribution < -0.4 is 11.5 Å². The lowest BCUT2D eigenvalue weighted by molar-refractivity contribution is 0.100. The van der Waals surface area contributed by atoms with Gasteiger partial charge >= 0.3 is 0 Å². The van der Waals surface area contributed by atoms with E-state index in [4.69, 9.17) is 18.0 Å². The Morgan fingerprint density at radius 3 is 2.38 bits per heavy atom. The fourth-order valence-corrected chi connectivity index (χ4v) is 2.62. The van der Waals surface area contributed by atoms with E-state index < -0.39 is 5.91 Å². The second kappa shape index (κ2) is 6.23. The summed E-state index contributed by atoms with van der Waals surface area (Å²) in [6.45, 7) is 7.44. The summed E-state index contributed by atoms with van der Waals surface area (Å²) in [5.41, 5.74) is 13.2. The van der Waals surface area contributed by atoms with Gasteiger partial charge in [0.1, 0.15) is 0 Å². The Labute approximate surface area is 139 Å². The molecule has 5 nitrogen and oxygen atoms in total. The molecule has 0 aromatic heterocycles. The van der Waals surface area contributed by atoms with Crippen molar-refractivity contribution in [2.24, 2.45) is 16.5 Å². The van der Waals surface area contributed by atoms with Crippen molar-refractivity contribution in [2.75, 3.05) is 0 Å². The Hall–Kier alpha value is -3.65. The van der Waals surface area contributed by atoms with Crippen LogP contribution in [0.5, 0.6) is 0 Å². The van der Waals surface area contributed by atoms with Crippen LogP contribution in [0.3, 0.4) is 0 Å². The highest BCUT2D eigenvalue weighted by Gasteiger charge is 2.12. The summed E-state index contributed by atoms with van der Waals surface area (Å²) in [7, 11) is 0. The Balaban J connectivity index is 2.30. The number of guanidine groups is 1. The van der Waals surface area contributed by atoms with E-state index in [9.17, 15) is 4.79 Å². The first-order valence-electron chi connectivity index (χ1n) is 7.24. The molecule has 0 atom stereocenters. The van der Waals surface area contributed by atoms with Gasteiger partial charge in [0.2, 0.25) is 0 Å². The number of hydrogen-bond acceptors (Lipinski definition) is 1. The summed E-state index contributed by atoms with van der Waals surface area (Å²) in [5, 5.41) is 1.74. The van der Waals surface area contributed by atoms with Gasteiger partial charge in [0, 0.05) is 5.56 Å². The molecule has 116 valence electrons. The number of benzene rings is 3. The van der Waals surface area contributed by atoms with Crippen molar-refractivity contribution in [1.82, 2.24) is 0 Å². The molecule has 24 heavy (non-hydrogen) atoms. The lowest BCUT2D eigenvalue weighted by atomic mass is 9.95. The highest BCUT2D eigenvalue weighted by atomic mass is 16.1. The van der Waals surface area contributed by atoms with E-state index in [1.54, 1.807) is 18.2 Å². The molecular formula is C19H14N4O. The predicted molar refractivity (Wildman–Crippen MR) is 95.8 cm³/mol. The summed E-state index contributed by atoms with van der Waals surface area (Å²) in [5.74, 6) is -0.789. The van der Waals surface area contributed by atoms with Gasteiger partial charge in [0.25, 0.3) is 5.91 Å². The summed E-state index contributed by atoms with van der Waals surface area (Å²) < 4.78 is 0. The predicted octanol–water partition coefficient (Wildman–Crippen LogP) is 3.47. The average molecular weight is 314 g/mol. The maximum atomic E-state index is 12.1. The number of amides is 1. The highest BCUT2D eigenvalue weighted by molar-refractivity contribution is 6.08. The monoisotopic (exact) mass is 314 g/mol. The molecule has 3 aromatic rings. The number of carbonyl (C=O) groups is 1. The number of rotatable bonds is 2. The Morgan fingerprint density at radius 2 is 1.71 bits per heavy atom. The highest BCUT2D eigenvalue weighted by Crippen LogP contribution is 2.37. The number of fused-ring (bicyclic) bond motifs is 1. The molecule has 1 amide bonds. The molecule has 0 aliphatic rings. The average Bonchev–Trinajstić information content (AvgIpc) is 2.60. The number of nitrogens with two attached hydrogens (primary N) is 2. The van der Waals surface area contributed by atoms with Crippen molar-refractivity contribution >= 4 is 28.3 Å². The first kappa shape index (κ1) is 15.3. The van der Waals surface area contributed by atoms with Crippen molar-refractivity contribution in [3.63, 3.8) is 0 Å². The summed E-state index contributed by atoms with van der Waals surface area (Å²) in [6.07, 6.45) is 0. The first-order valence-corrected chi connectivity index (χ1v) is 7.24. The van der Waals surface area contributed by atoms with E-state index in [2.05, 4.69) is 9.84 Å². The van der Waals surface area contributed by atoms with Gasteiger partial charge in [-0.3, -0.25) is 4.79 Å². The maximum Gasteiger partial charge on any atom is 0.280 e. The van der Waals surface area contributed by atoms with Crippen molar-refractivity contribution in [3.8, 4) is 11.1 Å². The normalized spacial score (nSPS) is 10.1. The lowest BCUT2D eigenvalue weighted by Crippen LogP contribution is -2.24. The van der Waals surface area contributed by atoms with Gasteiger partial charge in [0.15, 0.2) is 11.6 Å². The van der Waals surface area contributed by atoms with Crippen LogP contribution in [-0.4, -0.2) is 11.9 Å². The van der Waals surface area contributed by atoms with Gasteiger partial charge in [-0.1, -0.05) is 48.5 Å². The molecule has 3 rings (SSSR count). The second-order valence-electron chi connectivity index (χ2n) is 5.22. The molecule has 0 saturated carbocycles. The van der Waals surface area contributed by atoms with Gasteiger partial charge in [-0.2, -0.15) is 4.99 Å². The molecular weight excluding hydrogens is 300 g/mol. The molecule has 0 fully saturated rings. The van der Waals surface area contributed by atoms with Crippen LogP contribution >= 0.6 is 0 Å². The molecule has 0 bridgehead atoms. The van der Waals surface area contributed by atoms with Crippen LogP contribution in [0.25, 0.3) is 26.7 Å². The topological polar surface area (TPSA) is 85.8 Å². The van der Waals surface area contributed by atoms with E-state index in [1.807, 2.05) is 42.5 Å². The van der Waals surface area contributed by atoms with Crippen LogP contribution in [-0.2, 0) is 0 Å². The third-order valence-electron chi connectivity index (χ3n) is 3.66. The largest absolute Gasteiger partial charge is 0.370 e. The molecule has 0 radical (unpaired) electrons. The molecule has 0 spiro atoms. The number of hydrogen-bond donors (Lipinski definition) is 2. The first-order chi connectivity index (χ1) is 11.6. The van der Waals surface area contributed by atoms with E-state index in [1.165, 1.54) is 0 Å². The summed E-state index contributed by atoms with van der Waals surface area (Å²) in [4.78, 5) is 19.3. The number of aliphatic imine (C=N–C) groups is 1. The molecule has 5 heteroatoms. The van der Waals surface area contributed by atoms with Crippen LogP contribution in [0.2, 0.25) is 0 Å². The molecule has 0 saturated heterocycles. The summed E-state index contributed by atoms with van der Waals surface area (Å²) >= 11 is 0. The van der Waals surface area contributed by atoms with E-state index in [0.717, 1.165) is 21.9 Å². The molecule has 0 heterocycles. The zero-order chi connectivity index (χ0) is 17.1. The van der Waals surface area contributed by atoms with E-state index >= 15 is 0 Å².